The minimum atomic E-state index is 0.148. The van der Waals surface area contributed by atoms with Gasteiger partial charge in [0, 0.05) is 35.1 Å². The van der Waals surface area contributed by atoms with E-state index in [1.807, 2.05) is 23.2 Å². The predicted molar refractivity (Wildman–Crippen MR) is 152 cm³/mol. The van der Waals surface area contributed by atoms with Gasteiger partial charge in [-0.3, -0.25) is 10.8 Å². The van der Waals surface area contributed by atoms with Crippen molar-refractivity contribution in [3.8, 4) is 0 Å². The summed E-state index contributed by atoms with van der Waals surface area (Å²) in [6.45, 7) is 13.8. The Hall–Kier alpha value is -1.66. The summed E-state index contributed by atoms with van der Waals surface area (Å²) in [7, 11) is 2.26. The lowest BCUT2D eigenvalue weighted by atomic mass is 9.79. The van der Waals surface area contributed by atoms with Gasteiger partial charge in [0.1, 0.15) is 5.84 Å². The van der Waals surface area contributed by atoms with E-state index in [0.29, 0.717) is 29.7 Å². The summed E-state index contributed by atoms with van der Waals surface area (Å²) in [6.07, 6.45) is 10.9. The molecule has 0 saturated heterocycles. The molecule has 5 nitrogen and oxygen atoms in total. The van der Waals surface area contributed by atoms with E-state index in [2.05, 4.69) is 62.1 Å². The number of allylic oxidation sites excluding steroid dienone is 1. The van der Waals surface area contributed by atoms with Gasteiger partial charge in [-0.25, -0.2) is 0 Å². The Kier molecular flexibility index (Phi) is 10.4. The van der Waals surface area contributed by atoms with Crippen molar-refractivity contribution < 1.29 is 0 Å². The average Bonchev–Trinajstić information content (AvgIpc) is 3.54. The zero-order valence-electron chi connectivity index (χ0n) is 22.8. The maximum absolute atomic E-state index is 8.51. The molecule has 3 N–H and O–H groups in total. The molecule has 0 spiro atoms. The van der Waals surface area contributed by atoms with E-state index >= 15 is 0 Å². The Morgan fingerprint density at radius 2 is 1.83 bits per heavy atom. The summed E-state index contributed by atoms with van der Waals surface area (Å²) in [6, 6.07) is 5.53. The summed E-state index contributed by atoms with van der Waals surface area (Å²) in [5.74, 6) is 2.76. The van der Waals surface area contributed by atoms with Crippen LogP contribution in [-0.2, 0) is 0 Å². The van der Waals surface area contributed by atoms with E-state index in [-0.39, 0.29) is 12.0 Å². The number of hydrogen-bond acceptors (Lipinski definition) is 5. The van der Waals surface area contributed by atoms with E-state index in [1.54, 1.807) is 0 Å². The predicted octanol–water partition coefficient (Wildman–Crippen LogP) is 7.28. The number of thiophene rings is 1. The Balaban J connectivity index is 1.55. The molecule has 0 aliphatic heterocycles. The van der Waals surface area contributed by atoms with Crippen LogP contribution in [0.25, 0.3) is 0 Å². The van der Waals surface area contributed by atoms with Gasteiger partial charge in [0.15, 0.2) is 0 Å². The molecular weight excluding hydrogens is 450 g/mol. The molecule has 0 bridgehead atoms. The first-order chi connectivity index (χ1) is 16.7. The third kappa shape index (κ3) is 7.42. The smallest absolute Gasteiger partial charge is 0.104 e. The van der Waals surface area contributed by atoms with Crippen LogP contribution in [0.15, 0.2) is 29.8 Å². The molecular formula is C29H49N5S. The van der Waals surface area contributed by atoms with Gasteiger partial charge in [-0.15, -0.1) is 11.3 Å². The maximum atomic E-state index is 8.51. The SMILES string of the molecule is C=C(NC(CCN(C)C1CCC(N(C(C)=N)C(=N)C(C)C)C1)c1cccs1)C1CCC(CC)CC1. The van der Waals surface area contributed by atoms with E-state index in [0.717, 1.165) is 38.1 Å². The van der Waals surface area contributed by atoms with Crippen LogP contribution in [0.2, 0.25) is 0 Å². The molecule has 196 valence electrons. The molecule has 35 heavy (non-hydrogen) atoms. The quantitative estimate of drug-likeness (QED) is 0.221. The molecule has 3 rings (SSSR count). The molecule has 2 aliphatic rings. The summed E-state index contributed by atoms with van der Waals surface area (Å²) in [4.78, 5) is 5.90. The van der Waals surface area contributed by atoms with E-state index in [1.165, 1.54) is 42.7 Å². The lowest BCUT2D eigenvalue weighted by Gasteiger charge is -2.34. The Bertz CT molecular complexity index is 824. The lowest BCUT2D eigenvalue weighted by Crippen LogP contribution is -2.44. The molecule has 1 aromatic heterocycles. The Morgan fingerprint density at radius 3 is 2.40 bits per heavy atom. The van der Waals surface area contributed by atoms with Crippen molar-refractivity contribution in [1.82, 2.24) is 15.1 Å². The topological polar surface area (TPSA) is 66.2 Å². The third-order valence-electron chi connectivity index (χ3n) is 8.47. The highest BCUT2D eigenvalue weighted by Crippen LogP contribution is 2.35. The summed E-state index contributed by atoms with van der Waals surface area (Å²) >= 11 is 1.84. The molecule has 2 aliphatic carbocycles. The number of rotatable bonds is 11. The lowest BCUT2D eigenvalue weighted by molar-refractivity contribution is 0.225. The number of nitrogens with one attached hydrogen (secondary N) is 3. The van der Waals surface area contributed by atoms with Crippen molar-refractivity contribution in [3.63, 3.8) is 0 Å². The zero-order valence-corrected chi connectivity index (χ0v) is 23.6. The van der Waals surface area contributed by atoms with Crippen molar-refractivity contribution in [2.24, 2.45) is 17.8 Å². The summed E-state index contributed by atoms with van der Waals surface area (Å²) in [5.41, 5.74) is 1.24. The van der Waals surface area contributed by atoms with Gasteiger partial charge in [-0.2, -0.15) is 0 Å². The first-order valence-corrected chi connectivity index (χ1v) is 14.7. The van der Waals surface area contributed by atoms with E-state index < -0.39 is 0 Å². The second-order valence-electron chi connectivity index (χ2n) is 11.2. The van der Waals surface area contributed by atoms with Gasteiger partial charge >= 0.3 is 0 Å². The average molecular weight is 500 g/mol. The van der Waals surface area contributed by atoms with Crippen LogP contribution in [0.4, 0.5) is 0 Å². The van der Waals surface area contributed by atoms with Crippen molar-refractivity contribution in [3.05, 3.63) is 34.7 Å². The van der Waals surface area contributed by atoms with Gasteiger partial charge in [-0.05, 0) is 88.6 Å². The monoisotopic (exact) mass is 499 g/mol. The highest BCUT2D eigenvalue weighted by atomic mass is 32.1. The van der Waals surface area contributed by atoms with Gasteiger partial charge in [-0.1, -0.05) is 39.8 Å². The van der Waals surface area contributed by atoms with E-state index in [9.17, 15) is 0 Å². The fourth-order valence-electron chi connectivity index (χ4n) is 6.05. The van der Waals surface area contributed by atoms with Gasteiger partial charge in [0.2, 0.25) is 0 Å². The molecule has 1 aromatic rings. The van der Waals surface area contributed by atoms with Crippen LogP contribution in [0.5, 0.6) is 0 Å². The summed E-state index contributed by atoms with van der Waals surface area (Å²) < 4.78 is 0. The summed E-state index contributed by atoms with van der Waals surface area (Å²) in [5, 5.41) is 22.8. The zero-order chi connectivity index (χ0) is 25.5. The first-order valence-electron chi connectivity index (χ1n) is 13.8. The maximum Gasteiger partial charge on any atom is 0.104 e. The molecule has 1 heterocycles. The second-order valence-corrected chi connectivity index (χ2v) is 12.2. The molecule has 3 unspecified atom stereocenters. The fourth-order valence-corrected chi connectivity index (χ4v) is 6.86. The number of amidine groups is 2. The highest BCUT2D eigenvalue weighted by molar-refractivity contribution is 7.10. The molecule has 2 fully saturated rings. The third-order valence-corrected chi connectivity index (χ3v) is 9.45. The van der Waals surface area contributed by atoms with Crippen LogP contribution < -0.4 is 5.32 Å². The van der Waals surface area contributed by atoms with Crippen LogP contribution in [0, 0.1) is 28.6 Å². The van der Waals surface area contributed by atoms with Crippen molar-refractivity contribution in [2.45, 2.75) is 104 Å². The largest absolute Gasteiger partial charge is 0.381 e. The van der Waals surface area contributed by atoms with E-state index in [4.69, 9.17) is 10.8 Å². The van der Waals surface area contributed by atoms with Crippen molar-refractivity contribution >= 4 is 23.0 Å². The van der Waals surface area contributed by atoms with Crippen LogP contribution in [0.1, 0.15) is 96.4 Å². The van der Waals surface area contributed by atoms with Gasteiger partial charge in [0.25, 0.3) is 0 Å². The molecule has 0 radical (unpaired) electrons. The first kappa shape index (κ1) is 27.9. The second kappa shape index (κ2) is 13.0. The normalized spacial score (nSPS) is 25.6. The fraction of sp³-hybridized carbons (Fsp3) is 0.724. The van der Waals surface area contributed by atoms with Crippen LogP contribution in [-0.4, -0.2) is 47.1 Å². The van der Waals surface area contributed by atoms with Crippen LogP contribution in [0.3, 0.4) is 0 Å². The molecule has 3 atom stereocenters. The minimum absolute atomic E-state index is 0.148. The molecule has 0 amide bonds. The van der Waals surface area contributed by atoms with Crippen molar-refractivity contribution in [2.75, 3.05) is 13.6 Å². The van der Waals surface area contributed by atoms with Gasteiger partial charge < -0.3 is 15.1 Å². The van der Waals surface area contributed by atoms with Gasteiger partial charge in [0.05, 0.1) is 11.9 Å². The minimum Gasteiger partial charge on any atom is -0.381 e. The molecule has 2 saturated carbocycles. The number of nitrogens with zero attached hydrogens (tertiary/aromatic N) is 2. The van der Waals surface area contributed by atoms with Crippen molar-refractivity contribution in [1.29, 1.82) is 10.8 Å². The standard InChI is InChI=1S/C29H49N5S/c1-7-23-10-12-24(13-11-23)21(4)32-27(28-9-8-18-35-28)16-17-33(6)25-14-15-26(19-25)34(22(5)30)29(31)20(2)3/h8-9,18,20,23-27,30-32H,4,7,10-17,19H2,1-3,5-6H3. The number of hydrogen-bond donors (Lipinski definition) is 3. The van der Waals surface area contributed by atoms with Crippen LogP contribution >= 0.6 is 11.3 Å². The highest BCUT2D eigenvalue weighted by Gasteiger charge is 2.34. The molecule has 6 heteroatoms. The Morgan fingerprint density at radius 1 is 1.14 bits per heavy atom. The molecule has 0 aromatic carbocycles. The Labute approximate surface area is 218 Å².